The molecule has 1 saturated heterocycles. The van der Waals surface area contributed by atoms with Crippen molar-refractivity contribution in [1.29, 1.82) is 0 Å². The van der Waals surface area contributed by atoms with Crippen molar-refractivity contribution in [3.8, 4) is 0 Å². The Hall–Kier alpha value is -2.69. The van der Waals surface area contributed by atoms with Crippen LogP contribution in [0.25, 0.3) is 0 Å². The van der Waals surface area contributed by atoms with Crippen molar-refractivity contribution < 1.29 is 14.0 Å². The van der Waals surface area contributed by atoms with Crippen molar-refractivity contribution in [1.82, 2.24) is 4.90 Å². The van der Waals surface area contributed by atoms with Crippen molar-refractivity contribution in [2.24, 2.45) is 0 Å². The van der Waals surface area contributed by atoms with Crippen LogP contribution in [0.4, 0.5) is 10.1 Å². The van der Waals surface area contributed by atoms with Crippen LogP contribution in [0.3, 0.4) is 0 Å². The quantitative estimate of drug-likeness (QED) is 0.903. The van der Waals surface area contributed by atoms with Crippen LogP contribution in [-0.4, -0.2) is 29.8 Å². The molecule has 0 unspecified atom stereocenters. The molecule has 0 spiro atoms. The van der Waals surface area contributed by atoms with Gasteiger partial charge in [-0.05, 0) is 43.0 Å². The molecule has 1 N–H and O–H groups in total. The molecule has 25 heavy (non-hydrogen) atoms. The first-order valence-corrected chi connectivity index (χ1v) is 8.57. The summed E-state index contributed by atoms with van der Waals surface area (Å²) in [7, 11) is 0. The number of halogens is 1. The first kappa shape index (κ1) is 17.1. The van der Waals surface area contributed by atoms with Gasteiger partial charge in [-0.2, -0.15) is 0 Å². The molecule has 0 aromatic heterocycles. The summed E-state index contributed by atoms with van der Waals surface area (Å²) in [4.78, 5) is 26.6. The van der Waals surface area contributed by atoms with Crippen molar-refractivity contribution in [3.63, 3.8) is 0 Å². The van der Waals surface area contributed by atoms with Crippen LogP contribution in [0.2, 0.25) is 0 Å². The lowest BCUT2D eigenvalue weighted by Gasteiger charge is -2.18. The minimum absolute atomic E-state index is 0.0532. The van der Waals surface area contributed by atoms with E-state index in [0.717, 1.165) is 25.9 Å². The molecule has 1 aliphatic rings. The zero-order valence-electron chi connectivity index (χ0n) is 14.0. The van der Waals surface area contributed by atoms with Crippen LogP contribution in [0, 0.1) is 5.82 Å². The molecule has 0 bridgehead atoms. The Labute approximate surface area is 146 Å². The van der Waals surface area contributed by atoms with Gasteiger partial charge in [0.2, 0.25) is 5.91 Å². The predicted octanol–water partition coefficient (Wildman–Crippen LogP) is 3.63. The van der Waals surface area contributed by atoms with Crippen molar-refractivity contribution in [2.45, 2.75) is 25.7 Å². The molecule has 1 aliphatic heterocycles. The van der Waals surface area contributed by atoms with Gasteiger partial charge in [-0.15, -0.1) is 0 Å². The number of likely N-dealkylation sites (tertiary alicyclic amines) is 1. The van der Waals surface area contributed by atoms with Gasteiger partial charge in [0, 0.05) is 19.5 Å². The summed E-state index contributed by atoms with van der Waals surface area (Å²) in [6, 6.07) is 13.5. The maximum Gasteiger partial charge on any atom is 0.255 e. The Balaban J connectivity index is 1.65. The van der Waals surface area contributed by atoms with Crippen molar-refractivity contribution in [3.05, 3.63) is 65.5 Å². The minimum atomic E-state index is -0.306. The van der Waals surface area contributed by atoms with Crippen LogP contribution in [-0.2, 0) is 11.2 Å². The number of rotatable bonds is 5. The summed E-state index contributed by atoms with van der Waals surface area (Å²) in [6.45, 7) is 1.52. The second-order valence-electron chi connectivity index (χ2n) is 6.18. The SMILES string of the molecule is O=C(CCc1ccccc1F)Nc1ccccc1C(=O)N1CCCC1. The van der Waals surface area contributed by atoms with Gasteiger partial charge in [-0.25, -0.2) is 4.39 Å². The number of nitrogens with zero attached hydrogens (tertiary/aromatic N) is 1. The van der Waals surface area contributed by atoms with E-state index in [0.29, 0.717) is 23.2 Å². The highest BCUT2D eigenvalue weighted by Crippen LogP contribution is 2.20. The molecule has 130 valence electrons. The van der Waals surface area contributed by atoms with Gasteiger partial charge in [0.15, 0.2) is 0 Å². The Morgan fingerprint density at radius 1 is 1.00 bits per heavy atom. The number of amides is 2. The molecule has 0 atom stereocenters. The number of carbonyl (C=O) groups excluding carboxylic acids is 2. The third-order valence-corrected chi connectivity index (χ3v) is 4.40. The Morgan fingerprint density at radius 3 is 2.44 bits per heavy atom. The van der Waals surface area contributed by atoms with E-state index in [1.807, 2.05) is 4.90 Å². The number of anilines is 1. The number of aryl methyl sites for hydroxylation is 1. The summed E-state index contributed by atoms with van der Waals surface area (Å²) < 4.78 is 13.6. The highest BCUT2D eigenvalue weighted by molar-refractivity contribution is 6.03. The number of benzene rings is 2. The Kier molecular flexibility index (Phi) is 5.43. The fourth-order valence-electron chi connectivity index (χ4n) is 3.03. The molecule has 1 fully saturated rings. The van der Waals surface area contributed by atoms with Crippen LogP contribution in [0.5, 0.6) is 0 Å². The van der Waals surface area contributed by atoms with E-state index in [2.05, 4.69) is 5.32 Å². The number of hydrogen-bond donors (Lipinski definition) is 1. The van der Waals surface area contributed by atoms with Gasteiger partial charge in [0.05, 0.1) is 11.3 Å². The zero-order valence-corrected chi connectivity index (χ0v) is 14.0. The fourth-order valence-corrected chi connectivity index (χ4v) is 3.03. The van der Waals surface area contributed by atoms with Crippen LogP contribution in [0.1, 0.15) is 35.2 Å². The third kappa shape index (κ3) is 4.24. The van der Waals surface area contributed by atoms with Crippen LogP contribution in [0.15, 0.2) is 48.5 Å². The molecule has 0 radical (unpaired) electrons. The summed E-state index contributed by atoms with van der Waals surface area (Å²) in [6.07, 6.45) is 2.51. The minimum Gasteiger partial charge on any atom is -0.339 e. The second kappa shape index (κ2) is 7.92. The molecule has 2 aromatic carbocycles. The zero-order chi connectivity index (χ0) is 17.6. The van der Waals surface area contributed by atoms with Crippen molar-refractivity contribution in [2.75, 3.05) is 18.4 Å². The molecule has 2 aromatic rings. The van der Waals surface area contributed by atoms with Crippen molar-refractivity contribution >= 4 is 17.5 Å². The molecule has 0 saturated carbocycles. The van der Waals surface area contributed by atoms with E-state index >= 15 is 0 Å². The molecule has 5 heteroatoms. The van der Waals surface area contributed by atoms with E-state index in [9.17, 15) is 14.0 Å². The fraction of sp³-hybridized carbons (Fsp3) is 0.300. The average Bonchev–Trinajstić information content (AvgIpc) is 3.15. The van der Waals surface area contributed by atoms with Crippen LogP contribution >= 0.6 is 0 Å². The molecule has 1 heterocycles. The number of carbonyl (C=O) groups is 2. The number of para-hydroxylation sites is 1. The average molecular weight is 340 g/mol. The molecular formula is C20H21FN2O2. The van der Waals surface area contributed by atoms with Gasteiger partial charge >= 0.3 is 0 Å². The lowest BCUT2D eigenvalue weighted by molar-refractivity contribution is -0.116. The van der Waals surface area contributed by atoms with Gasteiger partial charge in [-0.3, -0.25) is 9.59 Å². The van der Waals surface area contributed by atoms with E-state index in [1.165, 1.54) is 6.07 Å². The highest BCUT2D eigenvalue weighted by atomic mass is 19.1. The summed E-state index contributed by atoms with van der Waals surface area (Å²) in [5.74, 6) is -0.590. The maximum absolute atomic E-state index is 13.6. The normalized spacial score (nSPS) is 13.7. The van der Waals surface area contributed by atoms with Gasteiger partial charge in [-0.1, -0.05) is 30.3 Å². The summed E-state index contributed by atoms with van der Waals surface area (Å²) in [5, 5.41) is 2.80. The van der Waals surface area contributed by atoms with Crippen LogP contribution < -0.4 is 5.32 Å². The maximum atomic E-state index is 13.6. The number of hydrogen-bond acceptors (Lipinski definition) is 2. The lowest BCUT2D eigenvalue weighted by Crippen LogP contribution is -2.28. The molecular weight excluding hydrogens is 319 g/mol. The third-order valence-electron chi connectivity index (χ3n) is 4.40. The first-order chi connectivity index (χ1) is 12.1. The van der Waals surface area contributed by atoms with E-state index in [1.54, 1.807) is 42.5 Å². The highest BCUT2D eigenvalue weighted by Gasteiger charge is 2.22. The summed E-state index contributed by atoms with van der Waals surface area (Å²) in [5.41, 5.74) is 1.53. The Bertz CT molecular complexity index is 770. The molecule has 2 amide bonds. The molecule has 0 aliphatic carbocycles. The van der Waals surface area contributed by atoms with Gasteiger partial charge < -0.3 is 10.2 Å². The topological polar surface area (TPSA) is 49.4 Å². The number of nitrogens with one attached hydrogen (secondary N) is 1. The van der Waals surface area contributed by atoms with E-state index < -0.39 is 0 Å². The van der Waals surface area contributed by atoms with E-state index in [-0.39, 0.29) is 24.1 Å². The standard InChI is InChI=1S/C20H21FN2O2/c21-17-9-3-1-7-15(17)11-12-19(24)22-18-10-4-2-8-16(18)20(25)23-13-5-6-14-23/h1-4,7-10H,5-6,11-14H2,(H,22,24). The molecule has 3 rings (SSSR count). The largest absolute Gasteiger partial charge is 0.339 e. The molecule has 4 nitrogen and oxygen atoms in total. The monoisotopic (exact) mass is 340 g/mol. The smallest absolute Gasteiger partial charge is 0.255 e. The van der Waals surface area contributed by atoms with Gasteiger partial charge in [0.25, 0.3) is 5.91 Å². The first-order valence-electron chi connectivity index (χ1n) is 8.57. The predicted molar refractivity (Wildman–Crippen MR) is 94.9 cm³/mol. The Morgan fingerprint density at radius 2 is 1.68 bits per heavy atom. The summed E-state index contributed by atoms with van der Waals surface area (Å²) >= 11 is 0. The van der Waals surface area contributed by atoms with Gasteiger partial charge in [0.1, 0.15) is 5.82 Å². The lowest BCUT2D eigenvalue weighted by atomic mass is 10.1. The second-order valence-corrected chi connectivity index (χ2v) is 6.18. The van der Waals surface area contributed by atoms with E-state index in [4.69, 9.17) is 0 Å².